The first kappa shape index (κ1) is 21.8. The number of ether oxygens (including phenoxy) is 1. The average Bonchev–Trinajstić information content (AvgIpc) is 3.47. The quantitative estimate of drug-likeness (QED) is 0.442. The minimum atomic E-state index is -4.57. The van der Waals surface area contributed by atoms with Crippen LogP contribution in [0.15, 0.2) is 61.2 Å². The molecule has 8 nitrogen and oxygen atoms in total. The van der Waals surface area contributed by atoms with Crippen LogP contribution in [0, 0.1) is 0 Å². The molecule has 0 saturated carbocycles. The number of rotatable bonds is 5. The number of amides is 1. The SMILES string of the molecule is O=C(c1nc2ccccn2c1-c1ccccn1)N1CCC[C@H]1COc1cnc(C(F)(F)F)cn1. The Bertz CT molecular complexity index is 1310. The van der Waals surface area contributed by atoms with E-state index >= 15 is 0 Å². The van der Waals surface area contributed by atoms with Crippen molar-refractivity contribution < 1.29 is 22.7 Å². The standard InChI is InChI=1S/C23H19F3N6O2/c24-23(25,26)17-12-29-19(13-28-17)34-14-15-6-5-11-31(15)22(33)20-21(16-7-1-3-9-27-16)32-10-4-2-8-18(32)30-20/h1-4,7-10,12-13,15H,5-6,11,14H2/t15-/m0/s1. The minimum absolute atomic E-state index is 0.0331. The third-order valence-corrected chi connectivity index (χ3v) is 5.62. The third kappa shape index (κ3) is 4.16. The fourth-order valence-electron chi connectivity index (χ4n) is 4.02. The smallest absolute Gasteiger partial charge is 0.434 e. The predicted molar refractivity (Wildman–Crippen MR) is 115 cm³/mol. The molecule has 0 bridgehead atoms. The third-order valence-electron chi connectivity index (χ3n) is 5.62. The summed E-state index contributed by atoms with van der Waals surface area (Å²) in [6.07, 6.45) is 1.94. The molecule has 4 aromatic rings. The summed E-state index contributed by atoms with van der Waals surface area (Å²) in [5, 5.41) is 0. The molecule has 0 aromatic carbocycles. The number of alkyl halides is 3. The number of fused-ring (bicyclic) bond motifs is 1. The van der Waals surface area contributed by atoms with Crippen molar-refractivity contribution in [2.24, 2.45) is 0 Å². The Labute approximate surface area is 192 Å². The molecule has 1 amide bonds. The van der Waals surface area contributed by atoms with Gasteiger partial charge in [-0.05, 0) is 37.1 Å². The van der Waals surface area contributed by atoms with E-state index in [1.165, 1.54) is 0 Å². The van der Waals surface area contributed by atoms with Crippen LogP contribution in [-0.4, -0.2) is 54.3 Å². The minimum Gasteiger partial charge on any atom is -0.474 e. The Morgan fingerprint density at radius 3 is 2.68 bits per heavy atom. The van der Waals surface area contributed by atoms with E-state index in [1.54, 1.807) is 17.2 Å². The Hall–Kier alpha value is -4.02. The van der Waals surface area contributed by atoms with Crippen molar-refractivity contribution in [3.8, 4) is 17.3 Å². The van der Waals surface area contributed by atoms with Crippen LogP contribution in [0.4, 0.5) is 13.2 Å². The molecular weight excluding hydrogens is 449 g/mol. The van der Waals surface area contributed by atoms with E-state index < -0.39 is 11.9 Å². The topological polar surface area (TPSA) is 85.5 Å². The van der Waals surface area contributed by atoms with Crippen molar-refractivity contribution in [3.63, 3.8) is 0 Å². The van der Waals surface area contributed by atoms with Crippen LogP contribution in [0.3, 0.4) is 0 Å². The Morgan fingerprint density at radius 1 is 1.09 bits per heavy atom. The lowest BCUT2D eigenvalue weighted by molar-refractivity contribution is -0.141. The van der Waals surface area contributed by atoms with E-state index in [-0.39, 0.29) is 30.1 Å². The van der Waals surface area contributed by atoms with E-state index in [0.717, 1.165) is 12.6 Å². The van der Waals surface area contributed by atoms with Crippen LogP contribution in [0.5, 0.6) is 5.88 Å². The van der Waals surface area contributed by atoms with E-state index in [1.807, 2.05) is 40.9 Å². The van der Waals surface area contributed by atoms with Gasteiger partial charge in [0.25, 0.3) is 5.91 Å². The highest BCUT2D eigenvalue weighted by molar-refractivity contribution is 5.99. The van der Waals surface area contributed by atoms with Gasteiger partial charge in [-0.2, -0.15) is 13.2 Å². The fraction of sp³-hybridized carbons (Fsp3) is 0.261. The molecule has 1 atom stereocenters. The normalized spacial score (nSPS) is 16.2. The molecule has 5 heterocycles. The number of carbonyl (C=O) groups is 1. The van der Waals surface area contributed by atoms with Gasteiger partial charge in [0.1, 0.15) is 17.9 Å². The molecule has 174 valence electrons. The number of hydrogen-bond donors (Lipinski definition) is 0. The van der Waals surface area contributed by atoms with Gasteiger partial charge in [0.15, 0.2) is 11.4 Å². The van der Waals surface area contributed by atoms with Crippen LogP contribution in [0.1, 0.15) is 29.0 Å². The molecule has 0 unspecified atom stereocenters. The number of halogens is 3. The highest BCUT2D eigenvalue weighted by Gasteiger charge is 2.35. The summed E-state index contributed by atoms with van der Waals surface area (Å²) in [6, 6.07) is 10.7. The maximum absolute atomic E-state index is 13.6. The monoisotopic (exact) mass is 468 g/mol. The summed E-state index contributed by atoms with van der Waals surface area (Å²) in [5.74, 6) is -0.289. The fourth-order valence-corrected chi connectivity index (χ4v) is 4.02. The van der Waals surface area contributed by atoms with Crippen molar-refractivity contribution in [1.82, 2.24) is 29.2 Å². The molecule has 0 aliphatic carbocycles. The molecule has 5 rings (SSSR count). The van der Waals surface area contributed by atoms with Gasteiger partial charge in [0.05, 0.1) is 24.1 Å². The second-order valence-electron chi connectivity index (χ2n) is 7.80. The average molecular weight is 468 g/mol. The predicted octanol–water partition coefficient (Wildman–Crippen LogP) is 3.89. The molecule has 11 heteroatoms. The molecule has 1 saturated heterocycles. The molecule has 1 fully saturated rings. The summed E-state index contributed by atoms with van der Waals surface area (Å²) in [5.41, 5.74) is 1.04. The largest absolute Gasteiger partial charge is 0.474 e. The van der Waals surface area contributed by atoms with Crippen LogP contribution in [0.2, 0.25) is 0 Å². The zero-order valence-electron chi connectivity index (χ0n) is 17.8. The number of hydrogen-bond acceptors (Lipinski definition) is 6. The van der Waals surface area contributed by atoms with Crippen LogP contribution >= 0.6 is 0 Å². The van der Waals surface area contributed by atoms with Crippen LogP contribution in [0.25, 0.3) is 17.0 Å². The van der Waals surface area contributed by atoms with Gasteiger partial charge in [0, 0.05) is 18.9 Å². The lowest BCUT2D eigenvalue weighted by Gasteiger charge is -2.24. The van der Waals surface area contributed by atoms with E-state index in [2.05, 4.69) is 19.9 Å². The first-order chi connectivity index (χ1) is 16.4. The Balaban J connectivity index is 1.38. The number of likely N-dealkylation sites (tertiary alicyclic amines) is 1. The van der Waals surface area contributed by atoms with Gasteiger partial charge in [-0.3, -0.25) is 14.2 Å². The Morgan fingerprint density at radius 2 is 1.94 bits per heavy atom. The molecule has 0 N–H and O–H groups in total. The lowest BCUT2D eigenvalue weighted by Crippen LogP contribution is -2.39. The summed E-state index contributed by atoms with van der Waals surface area (Å²) >= 11 is 0. The van der Waals surface area contributed by atoms with Crippen LogP contribution in [-0.2, 0) is 6.18 Å². The second-order valence-corrected chi connectivity index (χ2v) is 7.80. The van der Waals surface area contributed by atoms with Crippen molar-refractivity contribution in [3.05, 3.63) is 72.6 Å². The number of pyridine rings is 2. The Kier molecular flexibility index (Phi) is 5.60. The molecule has 0 radical (unpaired) electrons. The molecular formula is C23H19F3N6O2. The van der Waals surface area contributed by atoms with Crippen molar-refractivity contribution >= 4 is 11.6 Å². The van der Waals surface area contributed by atoms with Crippen molar-refractivity contribution in [1.29, 1.82) is 0 Å². The number of imidazole rings is 1. The van der Waals surface area contributed by atoms with Crippen molar-refractivity contribution in [2.45, 2.75) is 25.1 Å². The molecule has 0 spiro atoms. The van der Waals surface area contributed by atoms with Gasteiger partial charge in [-0.25, -0.2) is 15.0 Å². The highest BCUT2D eigenvalue weighted by Crippen LogP contribution is 2.29. The maximum Gasteiger partial charge on any atom is 0.434 e. The van der Waals surface area contributed by atoms with Gasteiger partial charge in [-0.1, -0.05) is 12.1 Å². The van der Waals surface area contributed by atoms with Gasteiger partial charge < -0.3 is 9.64 Å². The second kappa shape index (κ2) is 8.73. The van der Waals surface area contributed by atoms with E-state index in [0.29, 0.717) is 36.2 Å². The molecule has 4 aromatic heterocycles. The summed E-state index contributed by atoms with van der Waals surface area (Å²) in [6.45, 7) is 0.596. The first-order valence-electron chi connectivity index (χ1n) is 10.6. The maximum atomic E-state index is 13.6. The number of aromatic nitrogens is 5. The van der Waals surface area contributed by atoms with E-state index in [4.69, 9.17) is 4.74 Å². The van der Waals surface area contributed by atoms with Gasteiger partial charge >= 0.3 is 6.18 Å². The highest BCUT2D eigenvalue weighted by atomic mass is 19.4. The zero-order valence-corrected chi connectivity index (χ0v) is 17.8. The molecule has 34 heavy (non-hydrogen) atoms. The number of nitrogens with zero attached hydrogens (tertiary/aromatic N) is 6. The van der Waals surface area contributed by atoms with Crippen LogP contribution < -0.4 is 4.74 Å². The summed E-state index contributed by atoms with van der Waals surface area (Å²) in [7, 11) is 0. The summed E-state index contributed by atoms with van der Waals surface area (Å²) in [4.78, 5) is 31.3. The van der Waals surface area contributed by atoms with Gasteiger partial charge in [0.2, 0.25) is 5.88 Å². The summed E-state index contributed by atoms with van der Waals surface area (Å²) < 4.78 is 45.5. The zero-order chi connectivity index (χ0) is 23.7. The first-order valence-corrected chi connectivity index (χ1v) is 10.6. The molecule has 1 aliphatic heterocycles. The lowest BCUT2D eigenvalue weighted by atomic mass is 10.2. The van der Waals surface area contributed by atoms with Gasteiger partial charge in [-0.15, -0.1) is 0 Å². The molecule has 1 aliphatic rings. The van der Waals surface area contributed by atoms with Crippen molar-refractivity contribution in [2.75, 3.05) is 13.2 Å². The van der Waals surface area contributed by atoms with E-state index in [9.17, 15) is 18.0 Å². The number of carbonyl (C=O) groups excluding carboxylic acids is 1.